The van der Waals surface area contributed by atoms with Crippen molar-refractivity contribution in [3.8, 4) is 0 Å². The summed E-state index contributed by atoms with van der Waals surface area (Å²) in [6, 6.07) is 2.05. The zero-order valence-corrected chi connectivity index (χ0v) is 8.95. The number of hydrogen-bond donors (Lipinski definition) is 2. The van der Waals surface area contributed by atoms with Gasteiger partial charge in [-0.15, -0.1) is 0 Å². The molecular weight excluding hydrogens is 188 g/mol. The second kappa shape index (κ2) is 5.07. The van der Waals surface area contributed by atoms with E-state index in [0.717, 1.165) is 36.8 Å². The normalized spacial score (nSPS) is 15.3. The van der Waals surface area contributed by atoms with Gasteiger partial charge >= 0.3 is 0 Å². The molecule has 0 saturated heterocycles. The minimum absolute atomic E-state index is 0.715. The molecule has 0 radical (unpaired) electrons. The van der Waals surface area contributed by atoms with E-state index in [1.807, 2.05) is 0 Å². The summed E-state index contributed by atoms with van der Waals surface area (Å²) in [6.45, 7) is 1.60. The Bertz CT molecular complexity index is 309. The van der Waals surface area contributed by atoms with Gasteiger partial charge in [0.1, 0.15) is 12.1 Å². The molecule has 2 rings (SSSR count). The lowest BCUT2D eigenvalue weighted by molar-refractivity contribution is 0.797. The molecule has 3 N–H and O–H groups in total. The highest BCUT2D eigenvalue weighted by Gasteiger charge is 2.22. The van der Waals surface area contributed by atoms with Gasteiger partial charge in [-0.2, -0.15) is 0 Å². The molecule has 1 aliphatic carbocycles. The molecule has 1 saturated carbocycles. The average molecular weight is 206 g/mol. The number of aromatic nitrogens is 2. The SMILES string of the molecule is NCCCNc1cc(CC2CC2)ncn1. The number of rotatable bonds is 6. The highest BCUT2D eigenvalue weighted by atomic mass is 15.0. The molecule has 82 valence electrons. The Morgan fingerprint density at radius 2 is 2.27 bits per heavy atom. The van der Waals surface area contributed by atoms with Crippen molar-refractivity contribution in [3.05, 3.63) is 18.1 Å². The Balaban J connectivity index is 1.86. The molecule has 0 amide bonds. The van der Waals surface area contributed by atoms with E-state index in [0.29, 0.717) is 6.54 Å². The van der Waals surface area contributed by atoms with Crippen LogP contribution in [0.2, 0.25) is 0 Å². The van der Waals surface area contributed by atoms with Gasteiger partial charge < -0.3 is 11.1 Å². The van der Waals surface area contributed by atoms with Crippen molar-refractivity contribution >= 4 is 5.82 Å². The molecule has 1 aliphatic rings. The van der Waals surface area contributed by atoms with Crippen molar-refractivity contribution in [2.24, 2.45) is 11.7 Å². The fourth-order valence-corrected chi connectivity index (χ4v) is 1.54. The highest BCUT2D eigenvalue weighted by Crippen LogP contribution is 2.32. The summed E-state index contributed by atoms with van der Waals surface area (Å²) in [5.74, 6) is 1.80. The van der Waals surface area contributed by atoms with Crippen LogP contribution in [0.3, 0.4) is 0 Å². The first-order valence-electron chi connectivity index (χ1n) is 5.63. The van der Waals surface area contributed by atoms with Crippen LogP contribution in [-0.4, -0.2) is 23.1 Å². The minimum Gasteiger partial charge on any atom is -0.370 e. The summed E-state index contributed by atoms with van der Waals surface area (Å²) in [5, 5.41) is 3.25. The largest absolute Gasteiger partial charge is 0.370 e. The summed E-state index contributed by atoms with van der Waals surface area (Å²) in [7, 11) is 0. The first kappa shape index (κ1) is 10.4. The third kappa shape index (κ3) is 3.47. The summed E-state index contributed by atoms with van der Waals surface area (Å²) >= 11 is 0. The summed E-state index contributed by atoms with van der Waals surface area (Å²) in [4.78, 5) is 8.45. The molecule has 4 nitrogen and oxygen atoms in total. The number of nitrogens with one attached hydrogen (secondary N) is 1. The summed E-state index contributed by atoms with van der Waals surface area (Å²) < 4.78 is 0. The predicted octanol–water partition coefficient (Wildman–Crippen LogP) is 1.19. The lowest BCUT2D eigenvalue weighted by atomic mass is 10.2. The first-order chi connectivity index (χ1) is 7.38. The van der Waals surface area contributed by atoms with E-state index >= 15 is 0 Å². The molecule has 0 unspecified atom stereocenters. The zero-order valence-electron chi connectivity index (χ0n) is 8.95. The van der Waals surface area contributed by atoms with Gasteiger partial charge in [-0.05, 0) is 38.1 Å². The predicted molar refractivity (Wildman–Crippen MR) is 60.6 cm³/mol. The van der Waals surface area contributed by atoms with Crippen molar-refractivity contribution in [1.82, 2.24) is 9.97 Å². The quantitative estimate of drug-likeness (QED) is 0.686. The fourth-order valence-electron chi connectivity index (χ4n) is 1.54. The van der Waals surface area contributed by atoms with Crippen LogP contribution < -0.4 is 11.1 Å². The van der Waals surface area contributed by atoms with Crippen LogP contribution >= 0.6 is 0 Å². The maximum atomic E-state index is 5.42. The van der Waals surface area contributed by atoms with E-state index in [2.05, 4.69) is 21.4 Å². The van der Waals surface area contributed by atoms with Crippen LogP contribution in [0.4, 0.5) is 5.82 Å². The van der Waals surface area contributed by atoms with Crippen molar-refractivity contribution in [3.63, 3.8) is 0 Å². The van der Waals surface area contributed by atoms with Gasteiger partial charge in [0.25, 0.3) is 0 Å². The average Bonchev–Trinajstić information content (AvgIpc) is 3.03. The van der Waals surface area contributed by atoms with E-state index in [-0.39, 0.29) is 0 Å². The van der Waals surface area contributed by atoms with Gasteiger partial charge in [0.05, 0.1) is 0 Å². The molecule has 15 heavy (non-hydrogen) atoms. The van der Waals surface area contributed by atoms with Gasteiger partial charge in [0.15, 0.2) is 0 Å². The Hall–Kier alpha value is -1.16. The van der Waals surface area contributed by atoms with Crippen LogP contribution in [0.5, 0.6) is 0 Å². The van der Waals surface area contributed by atoms with E-state index < -0.39 is 0 Å². The smallest absolute Gasteiger partial charge is 0.129 e. The molecule has 0 aromatic carbocycles. The second-order valence-corrected chi connectivity index (χ2v) is 4.11. The Kier molecular flexibility index (Phi) is 3.50. The van der Waals surface area contributed by atoms with E-state index in [1.165, 1.54) is 12.8 Å². The Morgan fingerprint density at radius 3 is 3.00 bits per heavy atom. The third-order valence-electron chi connectivity index (χ3n) is 2.61. The molecule has 1 aromatic heterocycles. The van der Waals surface area contributed by atoms with Gasteiger partial charge in [0.2, 0.25) is 0 Å². The number of hydrogen-bond acceptors (Lipinski definition) is 4. The minimum atomic E-state index is 0.715. The van der Waals surface area contributed by atoms with Gasteiger partial charge in [-0.25, -0.2) is 9.97 Å². The lowest BCUT2D eigenvalue weighted by Gasteiger charge is -2.05. The summed E-state index contributed by atoms with van der Waals surface area (Å²) in [6.07, 6.45) is 6.44. The monoisotopic (exact) mass is 206 g/mol. The first-order valence-corrected chi connectivity index (χ1v) is 5.63. The molecule has 0 atom stereocenters. The van der Waals surface area contributed by atoms with Gasteiger partial charge in [-0.1, -0.05) is 0 Å². The lowest BCUT2D eigenvalue weighted by Crippen LogP contribution is -2.09. The molecule has 0 spiro atoms. The van der Waals surface area contributed by atoms with E-state index in [4.69, 9.17) is 5.73 Å². The molecular formula is C11H18N4. The number of anilines is 1. The Labute approximate surface area is 90.3 Å². The third-order valence-corrected chi connectivity index (χ3v) is 2.61. The summed E-state index contributed by atoms with van der Waals surface area (Å²) in [5.41, 5.74) is 6.58. The highest BCUT2D eigenvalue weighted by molar-refractivity contribution is 5.34. The van der Waals surface area contributed by atoms with Gasteiger partial charge in [0, 0.05) is 18.3 Å². The van der Waals surface area contributed by atoms with Gasteiger partial charge in [-0.3, -0.25) is 0 Å². The molecule has 0 bridgehead atoms. The maximum absolute atomic E-state index is 5.42. The molecule has 0 aliphatic heterocycles. The standard InChI is InChI=1S/C11H18N4/c12-4-1-5-13-11-7-10(14-8-15-11)6-9-2-3-9/h7-9H,1-6,12H2,(H,13,14,15). The van der Waals surface area contributed by atoms with Crippen LogP contribution in [0.15, 0.2) is 12.4 Å². The van der Waals surface area contributed by atoms with Crippen LogP contribution in [0.25, 0.3) is 0 Å². The molecule has 1 heterocycles. The molecule has 1 fully saturated rings. The van der Waals surface area contributed by atoms with E-state index in [1.54, 1.807) is 6.33 Å². The van der Waals surface area contributed by atoms with Crippen molar-refractivity contribution in [2.75, 3.05) is 18.4 Å². The van der Waals surface area contributed by atoms with Crippen molar-refractivity contribution in [2.45, 2.75) is 25.7 Å². The van der Waals surface area contributed by atoms with Crippen molar-refractivity contribution < 1.29 is 0 Å². The number of nitrogens with zero attached hydrogens (tertiary/aromatic N) is 2. The number of nitrogens with two attached hydrogens (primary N) is 1. The Morgan fingerprint density at radius 1 is 1.40 bits per heavy atom. The van der Waals surface area contributed by atoms with Crippen molar-refractivity contribution in [1.29, 1.82) is 0 Å². The second-order valence-electron chi connectivity index (χ2n) is 4.11. The topological polar surface area (TPSA) is 63.8 Å². The van der Waals surface area contributed by atoms with Crippen LogP contribution in [0, 0.1) is 5.92 Å². The fraction of sp³-hybridized carbons (Fsp3) is 0.636. The maximum Gasteiger partial charge on any atom is 0.129 e. The zero-order chi connectivity index (χ0) is 10.5. The van der Waals surface area contributed by atoms with Crippen LogP contribution in [0.1, 0.15) is 25.0 Å². The molecule has 1 aromatic rings. The van der Waals surface area contributed by atoms with Crippen LogP contribution in [-0.2, 0) is 6.42 Å². The molecule has 4 heteroatoms. The van der Waals surface area contributed by atoms with E-state index in [9.17, 15) is 0 Å².